The fourth-order valence-electron chi connectivity index (χ4n) is 3.37. The second kappa shape index (κ2) is 8.18. The molecule has 1 aromatic carbocycles. The molecule has 0 bridgehead atoms. The molecule has 3 aromatic rings. The molecule has 1 amide bonds. The van der Waals surface area contributed by atoms with E-state index >= 15 is 0 Å². The van der Waals surface area contributed by atoms with Crippen molar-refractivity contribution in [3.8, 4) is 0 Å². The van der Waals surface area contributed by atoms with Crippen LogP contribution >= 0.6 is 0 Å². The third kappa shape index (κ3) is 3.99. The highest BCUT2D eigenvalue weighted by molar-refractivity contribution is 6.03. The Balaban J connectivity index is 1.78. The number of amides is 1. The summed E-state index contributed by atoms with van der Waals surface area (Å²) < 4.78 is 4.78. The number of esters is 1. The molecule has 7 heteroatoms. The van der Waals surface area contributed by atoms with E-state index < -0.39 is 5.97 Å². The van der Waals surface area contributed by atoms with Crippen LogP contribution in [0.4, 0.5) is 0 Å². The lowest BCUT2D eigenvalue weighted by Crippen LogP contribution is -2.22. The van der Waals surface area contributed by atoms with E-state index in [4.69, 9.17) is 4.74 Å². The third-order valence-corrected chi connectivity index (χ3v) is 4.83. The van der Waals surface area contributed by atoms with Crippen LogP contribution in [0.1, 0.15) is 34.6 Å². The molecule has 0 unspecified atom stereocenters. The maximum atomic E-state index is 12.1. The van der Waals surface area contributed by atoms with Gasteiger partial charge in [0.05, 0.1) is 24.0 Å². The van der Waals surface area contributed by atoms with Gasteiger partial charge in [0.2, 0.25) is 5.91 Å². The largest absolute Gasteiger partial charge is 0.464 e. The molecule has 29 heavy (non-hydrogen) atoms. The van der Waals surface area contributed by atoms with E-state index in [9.17, 15) is 9.59 Å². The summed E-state index contributed by atoms with van der Waals surface area (Å²) in [6, 6.07) is 14.9. The molecule has 0 saturated carbocycles. The first kappa shape index (κ1) is 18.7. The number of benzene rings is 1. The van der Waals surface area contributed by atoms with E-state index in [2.05, 4.69) is 15.1 Å². The van der Waals surface area contributed by atoms with Crippen LogP contribution in [0.5, 0.6) is 0 Å². The van der Waals surface area contributed by atoms with Crippen molar-refractivity contribution in [1.82, 2.24) is 15.0 Å². The Kier molecular flexibility index (Phi) is 5.29. The van der Waals surface area contributed by atoms with Crippen LogP contribution in [0.2, 0.25) is 0 Å². The van der Waals surface area contributed by atoms with Gasteiger partial charge in [-0.1, -0.05) is 24.3 Å². The van der Waals surface area contributed by atoms with Gasteiger partial charge in [0.15, 0.2) is 0 Å². The van der Waals surface area contributed by atoms with Crippen molar-refractivity contribution in [3.05, 3.63) is 71.7 Å². The first-order chi connectivity index (χ1) is 14.2. The Morgan fingerprint density at radius 1 is 1.14 bits per heavy atom. The topological polar surface area (TPSA) is 84.8 Å². The van der Waals surface area contributed by atoms with Gasteiger partial charge in [0.25, 0.3) is 0 Å². The molecule has 4 rings (SSSR count). The Hall–Kier alpha value is -3.61. The molecule has 146 valence electrons. The lowest BCUT2D eigenvalue weighted by molar-refractivity contribution is -0.127. The summed E-state index contributed by atoms with van der Waals surface area (Å²) in [5.74, 6) is -0.524. The van der Waals surface area contributed by atoms with Gasteiger partial charge in [-0.25, -0.2) is 14.8 Å². The average molecular weight is 388 g/mol. The highest BCUT2D eigenvalue weighted by Crippen LogP contribution is 2.20. The molecule has 0 atom stereocenters. The van der Waals surface area contributed by atoms with Crippen molar-refractivity contribution in [3.63, 3.8) is 0 Å². The second-order valence-electron chi connectivity index (χ2n) is 6.73. The number of carbonyl (C=O) groups excluding carboxylic acids is 2. The van der Waals surface area contributed by atoms with Crippen molar-refractivity contribution in [2.75, 3.05) is 13.7 Å². The number of ether oxygens (including phenoxy) is 1. The number of methoxy groups -OCH3 is 1. The van der Waals surface area contributed by atoms with Crippen molar-refractivity contribution in [1.29, 1.82) is 0 Å². The Bertz CT molecular complexity index is 1100. The standard InChI is InChI=1S/C22H20N4O3/c1-29-22(28)19-9-4-8-18(24-19)20(25-26-13-5-10-21(26)27)14-15-11-12-23-17-7-3-2-6-16(15)17/h2-4,6-9,11-12H,5,10,13-14H2,1H3/b25-20+. The fraction of sp³-hybridized carbons (Fsp3) is 0.227. The molecule has 2 aromatic heterocycles. The molecule has 0 aliphatic carbocycles. The zero-order valence-corrected chi connectivity index (χ0v) is 16.0. The van der Waals surface area contributed by atoms with Gasteiger partial charge >= 0.3 is 5.97 Å². The summed E-state index contributed by atoms with van der Waals surface area (Å²) >= 11 is 0. The van der Waals surface area contributed by atoms with Crippen molar-refractivity contribution >= 4 is 28.5 Å². The maximum Gasteiger partial charge on any atom is 0.356 e. The molecule has 1 fully saturated rings. The van der Waals surface area contributed by atoms with E-state index in [0.717, 1.165) is 22.9 Å². The van der Waals surface area contributed by atoms with Gasteiger partial charge in [-0.3, -0.25) is 9.78 Å². The average Bonchev–Trinajstić information content (AvgIpc) is 3.17. The predicted molar refractivity (Wildman–Crippen MR) is 109 cm³/mol. The van der Waals surface area contributed by atoms with Crippen LogP contribution in [-0.4, -0.2) is 46.2 Å². The molecule has 1 aliphatic rings. The fourth-order valence-corrected chi connectivity index (χ4v) is 3.37. The summed E-state index contributed by atoms with van der Waals surface area (Å²) in [5, 5.41) is 7.13. The lowest BCUT2D eigenvalue weighted by atomic mass is 10.0. The number of rotatable bonds is 5. The van der Waals surface area contributed by atoms with Gasteiger partial charge in [-0.15, -0.1) is 0 Å². The van der Waals surface area contributed by atoms with E-state index in [1.807, 2.05) is 30.3 Å². The number of hydrogen-bond donors (Lipinski definition) is 0. The van der Waals surface area contributed by atoms with Gasteiger partial charge in [-0.05, 0) is 36.2 Å². The highest BCUT2D eigenvalue weighted by atomic mass is 16.5. The predicted octanol–water partition coefficient (Wildman–Crippen LogP) is 2.99. The minimum absolute atomic E-state index is 0.00814. The molecular formula is C22H20N4O3. The molecular weight excluding hydrogens is 368 g/mol. The van der Waals surface area contributed by atoms with E-state index in [-0.39, 0.29) is 11.6 Å². The minimum Gasteiger partial charge on any atom is -0.464 e. The third-order valence-electron chi connectivity index (χ3n) is 4.83. The van der Waals surface area contributed by atoms with Crippen LogP contribution in [0, 0.1) is 0 Å². The summed E-state index contributed by atoms with van der Waals surface area (Å²) in [6.07, 6.45) is 3.48. The van der Waals surface area contributed by atoms with Gasteiger partial charge in [0, 0.05) is 31.0 Å². The number of pyridine rings is 2. The number of nitrogens with zero attached hydrogens (tertiary/aromatic N) is 4. The number of para-hydroxylation sites is 1. The molecule has 7 nitrogen and oxygen atoms in total. The summed E-state index contributed by atoms with van der Waals surface area (Å²) in [5.41, 5.74) is 3.25. The monoisotopic (exact) mass is 388 g/mol. The van der Waals surface area contributed by atoms with E-state index in [1.165, 1.54) is 12.1 Å². The highest BCUT2D eigenvalue weighted by Gasteiger charge is 2.22. The van der Waals surface area contributed by atoms with Crippen molar-refractivity contribution in [2.45, 2.75) is 19.3 Å². The van der Waals surface area contributed by atoms with E-state index in [1.54, 1.807) is 24.4 Å². The molecule has 1 aliphatic heterocycles. The van der Waals surface area contributed by atoms with Gasteiger partial charge in [0.1, 0.15) is 5.69 Å². The summed E-state index contributed by atoms with van der Waals surface area (Å²) in [4.78, 5) is 32.9. The van der Waals surface area contributed by atoms with Crippen molar-refractivity contribution in [2.24, 2.45) is 5.10 Å². The number of carbonyl (C=O) groups is 2. The number of aromatic nitrogens is 2. The van der Waals surface area contributed by atoms with E-state index in [0.29, 0.717) is 30.8 Å². The quantitative estimate of drug-likeness (QED) is 0.496. The SMILES string of the molecule is COC(=O)c1cccc(/C(Cc2ccnc3ccccc23)=N/N2CCCC2=O)n1. The Morgan fingerprint density at radius 2 is 1.97 bits per heavy atom. The van der Waals surface area contributed by atoms with Crippen LogP contribution in [-0.2, 0) is 16.0 Å². The summed E-state index contributed by atoms with van der Waals surface area (Å²) in [6.45, 7) is 0.579. The first-order valence-electron chi connectivity index (χ1n) is 9.42. The Labute approximate surface area is 168 Å². The van der Waals surface area contributed by atoms with Crippen molar-refractivity contribution < 1.29 is 14.3 Å². The van der Waals surface area contributed by atoms with Crippen LogP contribution in [0.15, 0.2) is 59.8 Å². The molecule has 3 heterocycles. The number of hydrazone groups is 1. The normalized spacial score (nSPS) is 14.4. The zero-order valence-electron chi connectivity index (χ0n) is 16.0. The molecule has 0 spiro atoms. The molecule has 0 radical (unpaired) electrons. The molecule has 0 N–H and O–H groups in total. The second-order valence-corrected chi connectivity index (χ2v) is 6.73. The number of hydrogen-bond acceptors (Lipinski definition) is 6. The van der Waals surface area contributed by atoms with Gasteiger partial charge in [-0.2, -0.15) is 5.10 Å². The summed E-state index contributed by atoms with van der Waals surface area (Å²) in [7, 11) is 1.32. The van der Waals surface area contributed by atoms with Crippen LogP contribution < -0.4 is 0 Å². The zero-order chi connectivity index (χ0) is 20.2. The lowest BCUT2D eigenvalue weighted by Gasteiger charge is -2.14. The maximum absolute atomic E-state index is 12.1. The minimum atomic E-state index is -0.516. The Morgan fingerprint density at radius 3 is 2.76 bits per heavy atom. The molecule has 1 saturated heterocycles. The number of fused-ring (bicyclic) bond motifs is 1. The smallest absolute Gasteiger partial charge is 0.356 e. The first-order valence-corrected chi connectivity index (χ1v) is 9.42. The van der Waals surface area contributed by atoms with Crippen LogP contribution in [0.3, 0.4) is 0 Å². The van der Waals surface area contributed by atoms with Crippen LogP contribution in [0.25, 0.3) is 10.9 Å². The van der Waals surface area contributed by atoms with Gasteiger partial charge < -0.3 is 4.74 Å².